The van der Waals surface area contributed by atoms with Gasteiger partial charge in [0.2, 0.25) is 11.8 Å². The minimum Gasteiger partial charge on any atom is -0.342 e. The molecule has 2 aliphatic heterocycles. The van der Waals surface area contributed by atoms with Gasteiger partial charge in [-0.1, -0.05) is 18.2 Å². The first-order valence-electron chi connectivity index (χ1n) is 9.13. The molecule has 1 spiro atoms. The van der Waals surface area contributed by atoms with Gasteiger partial charge in [-0.3, -0.25) is 9.59 Å². The smallest absolute Gasteiger partial charge is 0.233 e. The van der Waals surface area contributed by atoms with Crippen molar-refractivity contribution in [2.75, 3.05) is 24.5 Å². The van der Waals surface area contributed by atoms with E-state index in [0.29, 0.717) is 19.5 Å². The Morgan fingerprint density at radius 2 is 1.85 bits per heavy atom. The number of carbonyl (C=O) groups excluding carboxylic acids is 2. The van der Waals surface area contributed by atoms with Gasteiger partial charge in [0.15, 0.2) is 0 Å². The standard InChI is InChI=1S/C20H23N3O2S/c1-15-21-16(14-26-15)13-18(24)22-10-7-20(8-11-22)9-12-23(19(20)25)17-5-3-2-4-6-17/h2-6,14H,7-13H2,1H3. The normalized spacial score (nSPS) is 19.3. The molecule has 136 valence electrons. The zero-order chi connectivity index (χ0) is 18.1. The fourth-order valence-corrected chi connectivity index (χ4v) is 4.69. The maximum absolute atomic E-state index is 13.1. The van der Waals surface area contributed by atoms with E-state index in [1.807, 2.05) is 52.4 Å². The van der Waals surface area contributed by atoms with E-state index in [1.54, 1.807) is 11.3 Å². The summed E-state index contributed by atoms with van der Waals surface area (Å²) in [7, 11) is 0. The van der Waals surface area contributed by atoms with Crippen LogP contribution in [0.3, 0.4) is 0 Å². The summed E-state index contributed by atoms with van der Waals surface area (Å²) in [4.78, 5) is 33.8. The van der Waals surface area contributed by atoms with Gasteiger partial charge in [0, 0.05) is 30.7 Å². The molecular weight excluding hydrogens is 346 g/mol. The van der Waals surface area contributed by atoms with Crippen molar-refractivity contribution in [3.63, 3.8) is 0 Å². The summed E-state index contributed by atoms with van der Waals surface area (Å²) in [5.74, 6) is 0.349. The van der Waals surface area contributed by atoms with Crippen LogP contribution in [0.15, 0.2) is 35.7 Å². The Bertz CT molecular complexity index is 809. The van der Waals surface area contributed by atoms with Gasteiger partial charge in [-0.05, 0) is 38.3 Å². The van der Waals surface area contributed by atoms with Crippen LogP contribution < -0.4 is 4.90 Å². The number of likely N-dealkylation sites (tertiary alicyclic amines) is 1. The molecule has 3 heterocycles. The number of rotatable bonds is 3. The molecule has 6 heteroatoms. The molecule has 0 N–H and O–H groups in total. The lowest BCUT2D eigenvalue weighted by molar-refractivity contribution is -0.137. The van der Waals surface area contributed by atoms with E-state index >= 15 is 0 Å². The molecule has 1 aromatic heterocycles. The van der Waals surface area contributed by atoms with E-state index in [-0.39, 0.29) is 17.2 Å². The zero-order valence-corrected chi connectivity index (χ0v) is 15.8. The first kappa shape index (κ1) is 17.2. The van der Waals surface area contributed by atoms with Crippen molar-refractivity contribution in [3.8, 4) is 0 Å². The van der Waals surface area contributed by atoms with Crippen molar-refractivity contribution < 1.29 is 9.59 Å². The summed E-state index contributed by atoms with van der Waals surface area (Å²) < 4.78 is 0. The van der Waals surface area contributed by atoms with Gasteiger partial charge in [-0.15, -0.1) is 11.3 Å². The summed E-state index contributed by atoms with van der Waals surface area (Å²) in [6, 6.07) is 9.88. The van der Waals surface area contributed by atoms with Crippen LogP contribution in [0, 0.1) is 12.3 Å². The average molecular weight is 369 g/mol. The van der Waals surface area contributed by atoms with Crippen LogP contribution in [0.25, 0.3) is 0 Å². The number of thiazole rings is 1. The highest BCUT2D eigenvalue weighted by molar-refractivity contribution is 7.09. The van der Waals surface area contributed by atoms with E-state index < -0.39 is 0 Å². The predicted molar refractivity (Wildman–Crippen MR) is 102 cm³/mol. The maximum Gasteiger partial charge on any atom is 0.233 e. The maximum atomic E-state index is 13.1. The number of piperidine rings is 1. The molecule has 2 saturated heterocycles. The van der Waals surface area contributed by atoms with Crippen molar-refractivity contribution in [1.82, 2.24) is 9.88 Å². The zero-order valence-electron chi connectivity index (χ0n) is 15.0. The number of carbonyl (C=O) groups is 2. The third kappa shape index (κ3) is 3.14. The van der Waals surface area contributed by atoms with Crippen LogP contribution in [0.4, 0.5) is 5.69 Å². The van der Waals surface area contributed by atoms with Gasteiger partial charge in [0.25, 0.3) is 0 Å². The number of aryl methyl sites for hydroxylation is 1. The second-order valence-electron chi connectivity index (χ2n) is 7.24. The molecule has 0 bridgehead atoms. The number of anilines is 1. The second-order valence-corrected chi connectivity index (χ2v) is 8.30. The Balaban J connectivity index is 1.38. The van der Waals surface area contributed by atoms with E-state index in [2.05, 4.69) is 4.98 Å². The number of nitrogens with zero attached hydrogens (tertiary/aromatic N) is 3. The van der Waals surface area contributed by atoms with Crippen molar-refractivity contribution in [2.45, 2.75) is 32.6 Å². The molecule has 0 aliphatic carbocycles. The van der Waals surface area contributed by atoms with Crippen LogP contribution in [-0.2, 0) is 16.0 Å². The fourth-order valence-electron chi connectivity index (χ4n) is 4.08. The first-order valence-corrected chi connectivity index (χ1v) is 10.0. The molecule has 2 fully saturated rings. The van der Waals surface area contributed by atoms with E-state index in [4.69, 9.17) is 0 Å². The van der Waals surface area contributed by atoms with Gasteiger partial charge >= 0.3 is 0 Å². The van der Waals surface area contributed by atoms with Crippen LogP contribution in [0.5, 0.6) is 0 Å². The molecule has 4 rings (SSSR count). The lowest BCUT2D eigenvalue weighted by Crippen LogP contribution is -2.47. The Morgan fingerprint density at radius 1 is 1.15 bits per heavy atom. The van der Waals surface area contributed by atoms with Crippen molar-refractivity contribution in [2.24, 2.45) is 5.41 Å². The molecule has 2 amide bonds. The Morgan fingerprint density at radius 3 is 2.50 bits per heavy atom. The summed E-state index contributed by atoms with van der Waals surface area (Å²) in [6.45, 7) is 4.05. The first-order chi connectivity index (χ1) is 12.6. The van der Waals surface area contributed by atoms with Gasteiger partial charge in [0.1, 0.15) is 0 Å². The monoisotopic (exact) mass is 369 g/mol. The molecule has 2 aliphatic rings. The minimum atomic E-state index is -0.288. The minimum absolute atomic E-state index is 0.121. The van der Waals surface area contributed by atoms with Crippen LogP contribution in [0.1, 0.15) is 30.0 Å². The number of benzene rings is 1. The summed E-state index contributed by atoms with van der Waals surface area (Å²) >= 11 is 1.57. The van der Waals surface area contributed by atoms with Crippen molar-refractivity contribution >= 4 is 28.8 Å². The quantitative estimate of drug-likeness (QED) is 0.836. The predicted octanol–water partition coefficient (Wildman–Crippen LogP) is 3.04. The lowest BCUT2D eigenvalue weighted by atomic mass is 9.77. The van der Waals surface area contributed by atoms with Gasteiger partial charge in [-0.25, -0.2) is 4.98 Å². The van der Waals surface area contributed by atoms with Crippen molar-refractivity contribution in [1.29, 1.82) is 0 Å². The van der Waals surface area contributed by atoms with Crippen LogP contribution >= 0.6 is 11.3 Å². The Kier molecular flexibility index (Phi) is 4.53. The fraction of sp³-hybridized carbons (Fsp3) is 0.450. The van der Waals surface area contributed by atoms with E-state index in [1.165, 1.54) is 0 Å². The molecule has 26 heavy (non-hydrogen) atoms. The highest BCUT2D eigenvalue weighted by atomic mass is 32.1. The van der Waals surface area contributed by atoms with Gasteiger partial charge < -0.3 is 9.80 Å². The number of aromatic nitrogens is 1. The molecule has 0 atom stereocenters. The number of hydrogen-bond acceptors (Lipinski definition) is 4. The number of para-hydroxylation sites is 1. The summed E-state index contributed by atoms with van der Waals surface area (Å²) in [6.07, 6.45) is 2.77. The number of hydrogen-bond donors (Lipinski definition) is 0. The van der Waals surface area contributed by atoms with Gasteiger partial charge in [0.05, 0.1) is 22.5 Å². The van der Waals surface area contributed by atoms with E-state index in [9.17, 15) is 9.59 Å². The largest absolute Gasteiger partial charge is 0.342 e. The Labute approximate surface area is 157 Å². The van der Waals surface area contributed by atoms with Gasteiger partial charge in [-0.2, -0.15) is 0 Å². The van der Waals surface area contributed by atoms with Crippen LogP contribution in [-0.4, -0.2) is 41.3 Å². The Hall–Kier alpha value is -2.21. The lowest BCUT2D eigenvalue weighted by Gasteiger charge is -2.38. The number of amides is 2. The third-order valence-electron chi connectivity index (χ3n) is 5.65. The highest BCUT2D eigenvalue weighted by Crippen LogP contribution is 2.43. The molecule has 1 aromatic carbocycles. The topological polar surface area (TPSA) is 53.5 Å². The third-order valence-corrected chi connectivity index (χ3v) is 6.48. The molecule has 2 aromatic rings. The second kappa shape index (κ2) is 6.83. The molecule has 0 radical (unpaired) electrons. The van der Waals surface area contributed by atoms with Crippen molar-refractivity contribution in [3.05, 3.63) is 46.4 Å². The van der Waals surface area contributed by atoms with Crippen LogP contribution in [0.2, 0.25) is 0 Å². The molecule has 0 unspecified atom stereocenters. The van der Waals surface area contributed by atoms with E-state index in [0.717, 1.165) is 42.2 Å². The average Bonchev–Trinajstić information content (AvgIpc) is 3.20. The summed E-state index contributed by atoms with van der Waals surface area (Å²) in [5, 5.41) is 2.94. The molecular formula is C20H23N3O2S. The summed E-state index contributed by atoms with van der Waals surface area (Å²) in [5.41, 5.74) is 1.54. The molecule has 0 saturated carbocycles. The SMILES string of the molecule is Cc1nc(CC(=O)N2CCC3(CC2)CCN(c2ccccc2)C3=O)cs1. The highest BCUT2D eigenvalue weighted by Gasteiger charge is 2.48. The molecule has 5 nitrogen and oxygen atoms in total.